The Hall–Kier alpha value is -2.33. The van der Waals surface area contributed by atoms with Crippen molar-refractivity contribution in [3.8, 4) is 11.5 Å². The van der Waals surface area contributed by atoms with E-state index in [2.05, 4.69) is 10.0 Å². The molecule has 1 saturated heterocycles. The Morgan fingerprint density at radius 2 is 1.85 bits per heavy atom. The number of nitrogens with zero attached hydrogens (tertiary/aromatic N) is 1. The van der Waals surface area contributed by atoms with E-state index in [9.17, 15) is 13.2 Å². The Morgan fingerprint density at radius 1 is 1.15 bits per heavy atom. The monoisotopic (exact) mass is 495 g/mol. The fourth-order valence-electron chi connectivity index (χ4n) is 3.84. The molecule has 0 spiro atoms. The average molecular weight is 496 g/mol. The van der Waals surface area contributed by atoms with E-state index in [0.29, 0.717) is 35.3 Å². The lowest BCUT2D eigenvalue weighted by atomic mass is 9.98. The Labute approximate surface area is 200 Å². The first-order chi connectivity index (χ1) is 15.7. The number of anilines is 1. The van der Waals surface area contributed by atoms with E-state index in [0.717, 1.165) is 24.9 Å². The standard InChI is InChI=1S/C23H30ClN3O5S/c1-16-6-8-18(9-7-16)33(29,30)25-13-17-5-4-10-27(14-17)15-23(28)26-20-12-21(31-2)19(24)11-22(20)32-3/h6-9,11-12,17,25H,4-5,10,13-15H2,1-3H3,(H,26,28). The van der Waals surface area contributed by atoms with Crippen molar-refractivity contribution in [3.63, 3.8) is 0 Å². The van der Waals surface area contributed by atoms with Gasteiger partial charge in [0.25, 0.3) is 0 Å². The number of methoxy groups -OCH3 is 2. The molecule has 2 aromatic rings. The molecule has 0 aliphatic carbocycles. The maximum absolute atomic E-state index is 12.7. The second-order valence-electron chi connectivity index (χ2n) is 8.14. The summed E-state index contributed by atoms with van der Waals surface area (Å²) in [7, 11) is -0.559. The Bertz CT molecular complexity index is 1080. The van der Waals surface area contributed by atoms with Crippen LogP contribution in [0.25, 0.3) is 0 Å². The second-order valence-corrected chi connectivity index (χ2v) is 10.3. The summed E-state index contributed by atoms with van der Waals surface area (Å²) >= 11 is 6.12. The summed E-state index contributed by atoms with van der Waals surface area (Å²) in [6.07, 6.45) is 1.79. The first-order valence-electron chi connectivity index (χ1n) is 10.7. The number of benzene rings is 2. The zero-order chi connectivity index (χ0) is 24.0. The van der Waals surface area contributed by atoms with Gasteiger partial charge in [0.2, 0.25) is 15.9 Å². The number of carbonyl (C=O) groups excluding carboxylic acids is 1. The first-order valence-corrected chi connectivity index (χ1v) is 12.6. The van der Waals surface area contributed by atoms with Gasteiger partial charge in [-0.05, 0) is 44.4 Å². The van der Waals surface area contributed by atoms with Crippen molar-refractivity contribution in [2.75, 3.05) is 45.7 Å². The molecule has 180 valence electrons. The summed E-state index contributed by atoms with van der Waals surface area (Å²) in [5.74, 6) is 0.804. The van der Waals surface area contributed by atoms with E-state index < -0.39 is 10.0 Å². The number of amides is 1. The third kappa shape index (κ3) is 6.83. The van der Waals surface area contributed by atoms with Gasteiger partial charge in [-0.3, -0.25) is 9.69 Å². The zero-order valence-electron chi connectivity index (χ0n) is 19.1. The number of rotatable bonds is 9. The molecule has 2 N–H and O–H groups in total. The van der Waals surface area contributed by atoms with E-state index in [1.165, 1.54) is 14.2 Å². The van der Waals surface area contributed by atoms with E-state index in [4.69, 9.17) is 21.1 Å². The summed E-state index contributed by atoms with van der Waals surface area (Å²) in [6.45, 7) is 3.84. The van der Waals surface area contributed by atoms with Crippen LogP contribution in [0.2, 0.25) is 5.02 Å². The molecule has 0 bridgehead atoms. The highest BCUT2D eigenvalue weighted by Gasteiger charge is 2.24. The molecule has 1 aliphatic rings. The lowest BCUT2D eigenvalue weighted by Crippen LogP contribution is -2.43. The maximum atomic E-state index is 12.7. The van der Waals surface area contributed by atoms with Gasteiger partial charge in [0, 0.05) is 25.2 Å². The van der Waals surface area contributed by atoms with Crippen LogP contribution in [0.4, 0.5) is 5.69 Å². The second kappa shape index (κ2) is 11.2. The Kier molecular flexibility index (Phi) is 8.58. The maximum Gasteiger partial charge on any atom is 0.240 e. The zero-order valence-corrected chi connectivity index (χ0v) is 20.6. The number of nitrogens with one attached hydrogen (secondary N) is 2. The molecule has 1 unspecified atom stereocenters. The van der Waals surface area contributed by atoms with Crippen molar-refractivity contribution in [2.24, 2.45) is 5.92 Å². The molecule has 0 radical (unpaired) electrons. The average Bonchev–Trinajstić information content (AvgIpc) is 2.79. The van der Waals surface area contributed by atoms with Crippen LogP contribution in [0.1, 0.15) is 18.4 Å². The molecule has 2 aromatic carbocycles. The van der Waals surface area contributed by atoms with Gasteiger partial charge < -0.3 is 14.8 Å². The van der Waals surface area contributed by atoms with Crippen molar-refractivity contribution in [2.45, 2.75) is 24.7 Å². The summed E-state index contributed by atoms with van der Waals surface area (Å²) in [6, 6.07) is 9.98. The van der Waals surface area contributed by atoms with Crippen molar-refractivity contribution in [1.29, 1.82) is 0 Å². The van der Waals surface area contributed by atoms with Crippen LogP contribution in [0, 0.1) is 12.8 Å². The van der Waals surface area contributed by atoms with Gasteiger partial charge in [0.15, 0.2) is 0 Å². The number of hydrogen-bond acceptors (Lipinski definition) is 6. The van der Waals surface area contributed by atoms with Crippen molar-refractivity contribution >= 4 is 33.2 Å². The minimum atomic E-state index is -3.56. The molecule has 0 saturated carbocycles. The number of aryl methyl sites for hydroxylation is 1. The molecule has 1 fully saturated rings. The topological polar surface area (TPSA) is 97.0 Å². The van der Waals surface area contributed by atoms with E-state index in [-0.39, 0.29) is 23.3 Å². The molecule has 8 nitrogen and oxygen atoms in total. The third-order valence-electron chi connectivity index (χ3n) is 5.61. The fourth-order valence-corrected chi connectivity index (χ4v) is 5.19. The predicted molar refractivity (Wildman–Crippen MR) is 129 cm³/mol. The lowest BCUT2D eigenvalue weighted by molar-refractivity contribution is -0.117. The summed E-state index contributed by atoms with van der Waals surface area (Å²) in [5.41, 5.74) is 1.48. The normalized spacial score (nSPS) is 16.9. The molecule has 33 heavy (non-hydrogen) atoms. The van der Waals surface area contributed by atoms with Crippen LogP contribution in [0.5, 0.6) is 11.5 Å². The highest BCUT2D eigenvalue weighted by atomic mass is 35.5. The molecule has 1 atom stereocenters. The predicted octanol–water partition coefficient (Wildman–Crippen LogP) is 3.29. The number of carbonyl (C=O) groups is 1. The number of hydrogen-bond donors (Lipinski definition) is 2. The van der Waals surface area contributed by atoms with Crippen LogP contribution in [0.3, 0.4) is 0 Å². The molecule has 0 aromatic heterocycles. The van der Waals surface area contributed by atoms with Crippen LogP contribution >= 0.6 is 11.6 Å². The van der Waals surface area contributed by atoms with E-state index in [1.54, 1.807) is 36.4 Å². The molecule has 1 aliphatic heterocycles. The Balaban J connectivity index is 1.55. The molecule has 3 rings (SSSR count). The quantitative estimate of drug-likeness (QED) is 0.554. The molecular formula is C23H30ClN3O5S. The molecule has 1 heterocycles. The van der Waals surface area contributed by atoms with Crippen LogP contribution in [0.15, 0.2) is 41.3 Å². The summed E-state index contributed by atoms with van der Waals surface area (Å²) < 4.78 is 38.4. The Morgan fingerprint density at radius 3 is 2.52 bits per heavy atom. The third-order valence-corrected chi connectivity index (χ3v) is 7.35. The minimum absolute atomic E-state index is 0.122. The minimum Gasteiger partial charge on any atom is -0.495 e. The number of halogens is 1. The van der Waals surface area contributed by atoms with Gasteiger partial charge in [0.05, 0.1) is 36.4 Å². The number of likely N-dealkylation sites (tertiary alicyclic amines) is 1. The van der Waals surface area contributed by atoms with Gasteiger partial charge in [-0.2, -0.15) is 0 Å². The number of sulfonamides is 1. The van der Waals surface area contributed by atoms with E-state index in [1.807, 2.05) is 11.8 Å². The SMILES string of the molecule is COc1cc(NC(=O)CN2CCCC(CNS(=O)(=O)c3ccc(C)cc3)C2)c(OC)cc1Cl. The summed E-state index contributed by atoms with van der Waals surface area (Å²) in [5, 5.41) is 3.24. The number of ether oxygens (including phenoxy) is 2. The van der Waals surface area contributed by atoms with Crippen LogP contribution < -0.4 is 19.5 Å². The van der Waals surface area contributed by atoms with Gasteiger partial charge in [0.1, 0.15) is 11.5 Å². The van der Waals surface area contributed by atoms with Crippen LogP contribution in [-0.4, -0.2) is 59.6 Å². The highest BCUT2D eigenvalue weighted by Crippen LogP contribution is 2.35. The fraction of sp³-hybridized carbons (Fsp3) is 0.435. The van der Waals surface area contributed by atoms with Crippen LogP contribution in [-0.2, 0) is 14.8 Å². The summed E-state index contributed by atoms with van der Waals surface area (Å²) in [4.78, 5) is 15.0. The van der Waals surface area contributed by atoms with Crippen molar-refractivity contribution in [1.82, 2.24) is 9.62 Å². The lowest BCUT2D eigenvalue weighted by Gasteiger charge is -2.32. The van der Waals surface area contributed by atoms with Gasteiger partial charge in [-0.15, -0.1) is 0 Å². The highest BCUT2D eigenvalue weighted by molar-refractivity contribution is 7.89. The van der Waals surface area contributed by atoms with Gasteiger partial charge in [-0.25, -0.2) is 13.1 Å². The molecule has 1 amide bonds. The largest absolute Gasteiger partial charge is 0.495 e. The van der Waals surface area contributed by atoms with Crippen molar-refractivity contribution in [3.05, 3.63) is 47.0 Å². The molecule has 10 heteroatoms. The first kappa shape index (κ1) is 25.3. The van der Waals surface area contributed by atoms with Gasteiger partial charge >= 0.3 is 0 Å². The smallest absolute Gasteiger partial charge is 0.240 e. The van der Waals surface area contributed by atoms with Gasteiger partial charge in [-0.1, -0.05) is 29.3 Å². The van der Waals surface area contributed by atoms with E-state index >= 15 is 0 Å². The van der Waals surface area contributed by atoms with Crippen molar-refractivity contribution < 1.29 is 22.7 Å². The number of piperidine rings is 1. The molecular weight excluding hydrogens is 466 g/mol.